The normalized spacial score (nSPS) is 36.1. The molecule has 0 N–H and O–H groups in total. The minimum Gasteiger partial charge on any atom is -0.0654 e. The highest BCUT2D eigenvalue weighted by Crippen LogP contribution is 2.63. The van der Waals surface area contributed by atoms with Gasteiger partial charge in [0.2, 0.25) is 0 Å². The Bertz CT molecular complexity index is 562. The summed E-state index contributed by atoms with van der Waals surface area (Å²) in [6.45, 7) is 4.60. The second kappa shape index (κ2) is 8.30. The molecular weight excluding hydrogens is 324 g/mol. The molecule has 4 aliphatic rings. The van der Waals surface area contributed by atoms with Crippen molar-refractivity contribution in [3.05, 3.63) is 35.4 Å². The highest BCUT2D eigenvalue weighted by atomic mass is 14.6. The maximum atomic E-state index is 2.42. The van der Waals surface area contributed by atoms with Crippen molar-refractivity contribution in [3.63, 3.8) is 0 Å². The van der Waals surface area contributed by atoms with Crippen LogP contribution in [-0.4, -0.2) is 0 Å². The Kier molecular flexibility index (Phi) is 6.00. The van der Waals surface area contributed by atoms with Crippen LogP contribution in [0.2, 0.25) is 0 Å². The molecule has 0 atom stereocenters. The lowest BCUT2D eigenvalue weighted by Gasteiger charge is -2.58. The first-order valence-electron chi connectivity index (χ1n) is 12.3. The van der Waals surface area contributed by atoms with E-state index >= 15 is 0 Å². The van der Waals surface area contributed by atoms with Gasteiger partial charge in [0.25, 0.3) is 0 Å². The van der Waals surface area contributed by atoms with Crippen molar-refractivity contribution in [3.8, 4) is 0 Å². The Hall–Kier alpha value is -0.780. The predicted molar refractivity (Wildman–Crippen MR) is 117 cm³/mol. The molecule has 0 saturated heterocycles. The molecule has 0 aromatic heterocycles. The van der Waals surface area contributed by atoms with Crippen LogP contribution in [0.4, 0.5) is 0 Å². The number of rotatable bonds is 7. The van der Waals surface area contributed by atoms with Crippen molar-refractivity contribution in [2.75, 3.05) is 0 Å². The fraction of sp³-hybridized carbons (Fsp3) is 0.778. The van der Waals surface area contributed by atoms with Gasteiger partial charge in [-0.05, 0) is 111 Å². The third-order valence-corrected chi connectivity index (χ3v) is 9.22. The zero-order chi connectivity index (χ0) is 18.7. The Labute approximate surface area is 168 Å². The summed E-state index contributed by atoms with van der Waals surface area (Å²) in [4.78, 5) is 0. The summed E-state index contributed by atoms with van der Waals surface area (Å²) in [7, 11) is 0. The average molecular weight is 367 g/mol. The number of hydrogen-bond acceptors (Lipinski definition) is 0. The summed E-state index contributed by atoms with van der Waals surface area (Å²) in [5.41, 5.74) is 4.63. The van der Waals surface area contributed by atoms with Gasteiger partial charge in [-0.1, -0.05) is 57.4 Å². The lowest BCUT2D eigenvalue weighted by Crippen LogP contribution is -2.46. The molecule has 0 amide bonds. The molecule has 27 heavy (non-hydrogen) atoms. The molecule has 2 bridgehead atoms. The maximum Gasteiger partial charge on any atom is -0.0162 e. The van der Waals surface area contributed by atoms with E-state index in [2.05, 4.69) is 38.1 Å². The van der Waals surface area contributed by atoms with Crippen molar-refractivity contribution in [2.24, 2.45) is 16.7 Å². The molecule has 4 aliphatic carbocycles. The summed E-state index contributed by atoms with van der Waals surface area (Å²) in [6.07, 6.45) is 22.3. The second-order valence-electron chi connectivity index (χ2n) is 10.5. The van der Waals surface area contributed by atoms with Crippen LogP contribution in [0.1, 0.15) is 121 Å². The van der Waals surface area contributed by atoms with Gasteiger partial charge in [0.15, 0.2) is 0 Å². The zero-order valence-corrected chi connectivity index (χ0v) is 18.1. The van der Waals surface area contributed by atoms with E-state index in [-0.39, 0.29) is 0 Å². The first-order valence-corrected chi connectivity index (χ1v) is 12.3. The summed E-state index contributed by atoms with van der Waals surface area (Å²) >= 11 is 0. The largest absolute Gasteiger partial charge is 0.0654 e. The highest BCUT2D eigenvalue weighted by Gasteiger charge is 2.51. The van der Waals surface area contributed by atoms with Gasteiger partial charge in [-0.3, -0.25) is 0 Å². The second-order valence-corrected chi connectivity index (χ2v) is 10.5. The SMILES string of the molecule is CCCCCC12CCC([C@H]3CC[C@H](c4ccc(CC)cc4)CC3)(CC1)CC2. The molecule has 0 radical (unpaired) electrons. The Morgan fingerprint density at radius 3 is 1.96 bits per heavy atom. The summed E-state index contributed by atoms with van der Waals surface area (Å²) in [6, 6.07) is 9.57. The Balaban J connectivity index is 1.31. The molecule has 0 heterocycles. The lowest BCUT2D eigenvalue weighted by molar-refractivity contribution is -0.0630. The number of benzene rings is 1. The minimum absolute atomic E-state index is 0.754. The van der Waals surface area contributed by atoms with Gasteiger partial charge in [-0.15, -0.1) is 0 Å². The van der Waals surface area contributed by atoms with Crippen molar-refractivity contribution in [2.45, 2.75) is 116 Å². The van der Waals surface area contributed by atoms with Gasteiger partial charge in [0.05, 0.1) is 0 Å². The van der Waals surface area contributed by atoms with Gasteiger partial charge in [-0.2, -0.15) is 0 Å². The fourth-order valence-electron chi connectivity index (χ4n) is 7.09. The maximum absolute atomic E-state index is 2.42. The molecule has 4 saturated carbocycles. The van der Waals surface area contributed by atoms with Crippen LogP contribution in [0, 0.1) is 16.7 Å². The standard InChI is InChI=1S/C27H42/c1-3-5-6-15-26-16-19-27(20-17-26,21-18-26)25-13-11-24(12-14-25)23-9-7-22(4-2)8-10-23/h7-10,24-25H,3-6,11-21H2,1-2H3/t24-,25-,26?,27?. The Morgan fingerprint density at radius 1 is 0.778 bits per heavy atom. The van der Waals surface area contributed by atoms with Gasteiger partial charge >= 0.3 is 0 Å². The van der Waals surface area contributed by atoms with Crippen molar-refractivity contribution in [1.29, 1.82) is 0 Å². The number of aryl methyl sites for hydroxylation is 1. The van der Waals surface area contributed by atoms with Crippen molar-refractivity contribution in [1.82, 2.24) is 0 Å². The van der Waals surface area contributed by atoms with Crippen LogP contribution >= 0.6 is 0 Å². The molecule has 5 rings (SSSR count). The third kappa shape index (κ3) is 4.01. The molecule has 0 heteroatoms. The van der Waals surface area contributed by atoms with Crippen LogP contribution in [0.25, 0.3) is 0 Å². The van der Waals surface area contributed by atoms with E-state index in [9.17, 15) is 0 Å². The predicted octanol–water partition coefficient (Wildman–Crippen LogP) is 8.44. The van der Waals surface area contributed by atoms with Crippen molar-refractivity contribution < 1.29 is 0 Å². The van der Waals surface area contributed by atoms with E-state index in [0.29, 0.717) is 0 Å². The van der Waals surface area contributed by atoms with Crippen LogP contribution in [-0.2, 0) is 6.42 Å². The minimum atomic E-state index is 0.754. The summed E-state index contributed by atoms with van der Waals surface area (Å²) < 4.78 is 0. The molecule has 0 nitrogen and oxygen atoms in total. The molecule has 1 aromatic rings. The van der Waals surface area contributed by atoms with E-state index in [0.717, 1.165) is 29.1 Å². The first-order chi connectivity index (χ1) is 13.2. The highest BCUT2D eigenvalue weighted by molar-refractivity contribution is 5.26. The molecular formula is C27H42. The molecule has 1 aromatic carbocycles. The van der Waals surface area contributed by atoms with Gasteiger partial charge in [0, 0.05) is 0 Å². The van der Waals surface area contributed by atoms with Crippen LogP contribution in [0.15, 0.2) is 24.3 Å². The molecule has 4 fully saturated rings. The van der Waals surface area contributed by atoms with E-state index in [4.69, 9.17) is 0 Å². The van der Waals surface area contributed by atoms with Crippen molar-refractivity contribution >= 4 is 0 Å². The van der Waals surface area contributed by atoms with E-state index in [1.807, 2.05) is 0 Å². The smallest absolute Gasteiger partial charge is 0.0162 e. The van der Waals surface area contributed by atoms with E-state index in [1.54, 1.807) is 44.1 Å². The molecule has 0 aliphatic heterocycles. The summed E-state index contributed by atoms with van der Waals surface area (Å²) in [5, 5.41) is 0. The molecule has 150 valence electrons. The van der Waals surface area contributed by atoms with Crippen LogP contribution in [0.3, 0.4) is 0 Å². The van der Waals surface area contributed by atoms with Crippen LogP contribution in [0.5, 0.6) is 0 Å². The Morgan fingerprint density at radius 2 is 1.41 bits per heavy atom. The topological polar surface area (TPSA) is 0 Å². The first kappa shape index (κ1) is 19.5. The number of hydrogen-bond donors (Lipinski definition) is 0. The fourth-order valence-corrected chi connectivity index (χ4v) is 7.09. The van der Waals surface area contributed by atoms with Gasteiger partial charge in [-0.25, -0.2) is 0 Å². The molecule has 0 spiro atoms. The lowest BCUT2D eigenvalue weighted by atomic mass is 9.47. The summed E-state index contributed by atoms with van der Waals surface area (Å²) in [5.74, 6) is 1.88. The van der Waals surface area contributed by atoms with E-state index in [1.165, 1.54) is 56.9 Å². The number of unbranched alkanes of at least 4 members (excludes halogenated alkanes) is 2. The quantitative estimate of drug-likeness (QED) is 0.425. The third-order valence-electron chi connectivity index (χ3n) is 9.22. The van der Waals surface area contributed by atoms with Gasteiger partial charge < -0.3 is 0 Å². The molecule has 0 unspecified atom stereocenters. The zero-order valence-electron chi connectivity index (χ0n) is 18.1. The average Bonchev–Trinajstić information content (AvgIpc) is 2.75. The van der Waals surface area contributed by atoms with E-state index < -0.39 is 0 Å². The van der Waals surface area contributed by atoms with Crippen LogP contribution < -0.4 is 0 Å². The monoisotopic (exact) mass is 366 g/mol. The number of fused-ring (bicyclic) bond motifs is 3. The van der Waals surface area contributed by atoms with Gasteiger partial charge in [0.1, 0.15) is 0 Å².